The molecule has 2 aromatic carbocycles. The van der Waals surface area contributed by atoms with Gasteiger partial charge in [-0.3, -0.25) is 0 Å². The zero-order valence-electron chi connectivity index (χ0n) is 14.5. The van der Waals surface area contributed by atoms with Crippen LogP contribution in [0.15, 0.2) is 54.1 Å². The second-order valence-electron chi connectivity index (χ2n) is 5.66. The van der Waals surface area contributed by atoms with Gasteiger partial charge >= 0.3 is 5.97 Å². The predicted molar refractivity (Wildman–Crippen MR) is 97.4 cm³/mol. The molecule has 1 aliphatic rings. The number of hydrogen-bond acceptors (Lipinski definition) is 4. The van der Waals surface area contributed by atoms with E-state index >= 15 is 0 Å². The summed E-state index contributed by atoms with van der Waals surface area (Å²) in [7, 11) is 3.19. The van der Waals surface area contributed by atoms with Gasteiger partial charge in [-0.1, -0.05) is 31.2 Å². The van der Waals surface area contributed by atoms with Crippen LogP contribution in [0.2, 0.25) is 0 Å². The number of carbonyl (C=O) groups excluding carboxylic acids is 1. The Kier molecular flexibility index (Phi) is 4.89. The van der Waals surface area contributed by atoms with Crippen molar-refractivity contribution < 1.29 is 19.0 Å². The lowest BCUT2D eigenvalue weighted by atomic mass is 10.1. The van der Waals surface area contributed by atoms with Gasteiger partial charge < -0.3 is 14.2 Å². The molecule has 0 saturated heterocycles. The van der Waals surface area contributed by atoms with Crippen LogP contribution in [-0.2, 0) is 16.0 Å². The summed E-state index contributed by atoms with van der Waals surface area (Å²) < 4.78 is 16.0. The van der Waals surface area contributed by atoms with Crippen molar-refractivity contribution in [2.45, 2.75) is 13.3 Å². The standard InChI is InChI=1S/C21H20O4/c1-4-14-5-7-15(8-6-14)20-13-17(21(22)25-20)11-16-12-18(23-2)9-10-19(16)24-3/h5-13H,4H2,1-3H3. The van der Waals surface area contributed by atoms with Gasteiger partial charge in [0.05, 0.1) is 19.8 Å². The molecule has 0 bridgehead atoms. The highest BCUT2D eigenvalue weighted by molar-refractivity contribution is 6.05. The lowest BCUT2D eigenvalue weighted by molar-refractivity contribution is -0.130. The second kappa shape index (κ2) is 7.26. The van der Waals surface area contributed by atoms with Gasteiger partial charge in [-0.25, -0.2) is 4.79 Å². The zero-order chi connectivity index (χ0) is 17.8. The van der Waals surface area contributed by atoms with Gasteiger partial charge in [-0.05, 0) is 42.3 Å². The normalized spacial score (nSPS) is 15.1. The molecule has 0 aliphatic carbocycles. The molecule has 0 amide bonds. The van der Waals surface area contributed by atoms with Crippen molar-refractivity contribution >= 4 is 17.8 Å². The molecular formula is C21H20O4. The quantitative estimate of drug-likeness (QED) is 0.605. The van der Waals surface area contributed by atoms with Crippen LogP contribution in [0, 0.1) is 0 Å². The lowest BCUT2D eigenvalue weighted by Crippen LogP contribution is -1.98. The fourth-order valence-electron chi connectivity index (χ4n) is 2.66. The number of aryl methyl sites for hydroxylation is 1. The molecule has 3 rings (SSSR count). The summed E-state index contributed by atoms with van der Waals surface area (Å²) >= 11 is 0. The van der Waals surface area contributed by atoms with E-state index in [9.17, 15) is 4.79 Å². The first-order valence-electron chi connectivity index (χ1n) is 8.11. The van der Waals surface area contributed by atoms with Gasteiger partial charge in [0.1, 0.15) is 17.3 Å². The van der Waals surface area contributed by atoms with Gasteiger partial charge in [0.15, 0.2) is 0 Å². The van der Waals surface area contributed by atoms with E-state index in [0.29, 0.717) is 22.8 Å². The van der Waals surface area contributed by atoms with Crippen LogP contribution in [0.5, 0.6) is 11.5 Å². The highest BCUT2D eigenvalue weighted by atomic mass is 16.5. The number of esters is 1. The molecule has 0 saturated carbocycles. The van der Waals surface area contributed by atoms with Gasteiger partial charge in [0.25, 0.3) is 0 Å². The Morgan fingerprint density at radius 3 is 2.44 bits per heavy atom. The molecule has 25 heavy (non-hydrogen) atoms. The fourth-order valence-corrected chi connectivity index (χ4v) is 2.66. The number of methoxy groups -OCH3 is 2. The molecule has 2 aromatic rings. The number of carbonyl (C=O) groups is 1. The van der Waals surface area contributed by atoms with Crippen LogP contribution in [0.4, 0.5) is 0 Å². The second-order valence-corrected chi connectivity index (χ2v) is 5.66. The summed E-state index contributed by atoms with van der Waals surface area (Å²) in [5.41, 5.74) is 3.35. The van der Waals surface area contributed by atoms with Gasteiger partial charge in [0, 0.05) is 11.1 Å². The van der Waals surface area contributed by atoms with Crippen molar-refractivity contribution in [2.24, 2.45) is 0 Å². The monoisotopic (exact) mass is 336 g/mol. The maximum atomic E-state index is 12.2. The van der Waals surface area contributed by atoms with Crippen molar-refractivity contribution in [3.8, 4) is 11.5 Å². The fraction of sp³-hybridized carbons (Fsp3) is 0.190. The van der Waals surface area contributed by atoms with E-state index in [1.807, 2.05) is 36.4 Å². The largest absolute Gasteiger partial charge is 0.497 e. The average molecular weight is 336 g/mol. The third kappa shape index (κ3) is 3.58. The molecule has 0 spiro atoms. The van der Waals surface area contributed by atoms with Crippen LogP contribution in [0.1, 0.15) is 23.6 Å². The van der Waals surface area contributed by atoms with E-state index in [0.717, 1.165) is 17.5 Å². The topological polar surface area (TPSA) is 44.8 Å². The van der Waals surface area contributed by atoms with Crippen molar-refractivity contribution in [3.63, 3.8) is 0 Å². The first-order chi connectivity index (χ1) is 12.1. The molecule has 1 heterocycles. The van der Waals surface area contributed by atoms with Crippen LogP contribution in [-0.4, -0.2) is 20.2 Å². The zero-order valence-corrected chi connectivity index (χ0v) is 14.5. The maximum Gasteiger partial charge on any atom is 0.343 e. The smallest absolute Gasteiger partial charge is 0.343 e. The van der Waals surface area contributed by atoms with Crippen molar-refractivity contribution in [1.82, 2.24) is 0 Å². The minimum absolute atomic E-state index is 0.376. The van der Waals surface area contributed by atoms with Crippen molar-refractivity contribution in [3.05, 3.63) is 70.8 Å². The van der Waals surface area contributed by atoms with E-state index in [2.05, 4.69) is 6.92 Å². The van der Waals surface area contributed by atoms with Gasteiger partial charge in [-0.15, -0.1) is 0 Å². The van der Waals surface area contributed by atoms with E-state index in [4.69, 9.17) is 14.2 Å². The summed E-state index contributed by atoms with van der Waals surface area (Å²) in [5.74, 6) is 1.54. The molecule has 4 heteroatoms. The highest BCUT2D eigenvalue weighted by Crippen LogP contribution is 2.31. The Hall–Kier alpha value is -3.01. The van der Waals surface area contributed by atoms with E-state index in [1.54, 1.807) is 32.4 Å². The van der Waals surface area contributed by atoms with Crippen LogP contribution < -0.4 is 9.47 Å². The predicted octanol–water partition coefficient (Wildman–Crippen LogP) is 4.25. The first kappa shape index (κ1) is 16.8. The third-order valence-corrected chi connectivity index (χ3v) is 4.12. The number of ether oxygens (including phenoxy) is 3. The molecule has 4 nitrogen and oxygen atoms in total. The van der Waals surface area contributed by atoms with E-state index < -0.39 is 0 Å². The lowest BCUT2D eigenvalue weighted by Gasteiger charge is -2.07. The summed E-state index contributed by atoms with van der Waals surface area (Å²) in [6.07, 6.45) is 4.47. The molecule has 1 aliphatic heterocycles. The minimum atomic E-state index is -0.376. The third-order valence-electron chi connectivity index (χ3n) is 4.12. The molecule has 0 N–H and O–H groups in total. The molecule has 0 aromatic heterocycles. The molecule has 0 fully saturated rings. The van der Waals surface area contributed by atoms with Gasteiger partial charge in [0.2, 0.25) is 0 Å². The highest BCUT2D eigenvalue weighted by Gasteiger charge is 2.22. The van der Waals surface area contributed by atoms with Crippen LogP contribution in [0.25, 0.3) is 11.8 Å². The Bertz CT molecular complexity index is 845. The number of hydrogen-bond donors (Lipinski definition) is 0. The summed E-state index contributed by atoms with van der Waals surface area (Å²) in [5, 5.41) is 0. The van der Waals surface area contributed by atoms with E-state index in [-0.39, 0.29) is 5.97 Å². The average Bonchev–Trinajstić information content (AvgIpc) is 3.02. The molecular weight excluding hydrogens is 316 g/mol. The molecule has 0 atom stereocenters. The number of cyclic esters (lactones) is 1. The van der Waals surface area contributed by atoms with Crippen LogP contribution in [0.3, 0.4) is 0 Å². The number of benzene rings is 2. The van der Waals surface area contributed by atoms with Crippen LogP contribution >= 0.6 is 0 Å². The molecule has 0 unspecified atom stereocenters. The summed E-state index contributed by atoms with van der Waals surface area (Å²) in [4.78, 5) is 12.2. The minimum Gasteiger partial charge on any atom is -0.497 e. The SMILES string of the molecule is CCc1ccc(C2=CC(=Cc3cc(OC)ccc3OC)C(=O)O2)cc1. The molecule has 0 radical (unpaired) electrons. The Labute approximate surface area is 147 Å². The Morgan fingerprint density at radius 1 is 1.04 bits per heavy atom. The maximum absolute atomic E-state index is 12.2. The summed E-state index contributed by atoms with van der Waals surface area (Å²) in [6.45, 7) is 2.10. The van der Waals surface area contributed by atoms with Crippen molar-refractivity contribution in [2.75, 3.05) is 14.2 Å². The van der Waals surface area contributed by atoms with E-state index in [1.165, 1.54) is 5.56 Å². The van der Waals surface area contributed by atoms with Crippen molar-refractivity contribution in [1.29, 1.82) is 0 Å². The Morgan fingerprint density at radius 2 is 1.80 bits per heavy atom. The first-order valence-corrected chi connectivity index (χ1v) is 8.11. The molecule has 128 valence electrons. The van der Waals surface area contributed by atoms with Gasteiger partial charge in [-0.2, -0.15) is 0 Å². The summed E-state index contributed by atoms with van der Waals surface area (Å²) in [6, 6.07) is 13.4. The number of rotatable bonds is 5. The Balaban J connectivity index is 1.95.